The van der Waals surface area contributed by atoms with Crippen molar-refractivity contribution < 1.29 is 26.3 Å². The second-order valence-corrected chi connectivity index (χ2v) is 6.84. The van der Waals surface area contributed by atoms with Crippen LogP contribution < -0.4 is 0 Å². The Kier molecular flexibility index (Phi) is 7.92. The summed E-state index contributed by atoms with van der Waals surface area (Å²) in [7, 11) is -2.47. The molecule has 0 unspecified atom stereocenters. The maximum Gasteiger partial charge on any atom is 0.390 e. The van der Waals surface area contributed by atoms with Gasteiger partial charge in [0.1, 0.15) is 0 Å². The standard InChI is InChI=1S/C11H22F3NO3S/c1-10(2)4-6-15(7-8-18-3)19(16,17)9-5-11(12,13)14/h10H,4-9H2,1-3H3. The largest absolute Gasteiger partial charge is 0.390 e. The van der Waals surface area contributed by atoms with E-state index in [-0.39, 0.29) is 25.6 Å². The Morgan fingerprint density at radius 2 is 1.79 bits per heavy atom. The molecule has 116 valence electrons. The number of rotatable bonds is 9. The maximum absolute atomic E-state index is 12.1. The maximum atomic E-state index is 12.1. The number of alkyl halides is 3. The number of hydrogen-bond acceptors (Lipinski definition) is 3. The van der Waals surface area contributed by atoms with Crippen LogP contribution in [0, 0.1) is 5.92 Å². The lowest BCUT2D eigenvalue weighted by molar-refractivity contribution is -0.130. The van der Waals surface area contributed by atoms with E-state index in [1.54, 1.807) is 0 Å². The lowest BCUT2D eigenvalue weighted by Crippen LogP contribution is -2.37. The van der Waals surface area contributed by atoms with Gasteiger partial charge >= 0.3 is 6.18 Å². The van der Waals surface area contributed by atoms with Gasteiger partial charge in [0.2, 0.25) is 10.0 Å². The van der Waals surface area contributed by atoms with E-state index in [1.807, 2.05) is 13.8 Å². The fraction of sp³-hybridized carbons (Fsp3) is 1.00. The first-order chi connectivity index (χ1) is 8.58. The SMILES string of the molecule is COCCN(CCC(C)C)S(=O)(=O)CCC(F)(F)F. The minimum atomic E-state index is -4.46. The van der Waals surface area contributed by atoms with Crippen molar-refractivity contribution in [2.45, 2.75) is 32.9 Å². The van der Waals surface area contributed by atoms with E-state index in [1.165, 1.54) is 7.11 Å². The first-order valence-electron chi connectivity index (χ1n) is 6.12. The van der Waals surface area contributed by atoms with Crippen molar-refractivity contribution in [2.75, 3.05) is 32.6 Å². The molecule has 0 N–H and O–H groups in total. The normalized spacial score (nSPS) is 13.5. The van der Waals surface area contributed by atoms with Gasteiger partial charge < -0.3 is 4.74 Å². The summed E-state index contributed by atoms with van der Waals surface area (Å²) < 4.78 is 65.9. The van der Waals surface area contributed by atoms with Crippen LogP contribution in [0.2, 0.25) is 0 Å². The van der Waals surface area contributed by atoms with Crippen molar-refractivity contribution >= 4 is 10.0 Å². The highest BCUT2D eigenvalue weighted by Gasteiger charge is 2.32. The lowest BCUT2D eigenvalue weighted by Gasteiger charge is -2.23. The number of sulfonamides is 1. The second-order valence-electron chi connectivity index (χ2n) is 4.76. The summed E-state index contributed by atoms with van der Waals surface area (Å²) in [4.78, 5) is 0. The Morgan fingerprint density at radius 1 is 1.21 bits per heavy atom. The summed E-state index contributed by atoms with van der Waals surface area (Å²) in [5, 5.41) is 0. The third kappa shape index (κ3) is 9.23. The van der Waals surface area contributed by atoms with Crippen LogP contribution in [0.3, 0.4) is 0 Å². The topological polar surface area (TPSA) is 46.6 Å². The molecule has 0 aromatic carbocycles. The smallest absolute Gasteiger partial charge is 0.383 e. The molecule has 0 aromatic heterocycles. The highest BCUT2D eigenvalue weighted by atomic mass is 32.2. The van der Waals surface area contributed by atoms with Gasteiger partial charge in [-0.15, -0.1) is 0 Å². The molecule has 0 fully saturated rings. The predicted octanol–water partition coefficient (Wildman–Crippen LogP) is 2.26. The molecule has 8 heteroatoms. The molecule has 0 aliphatic heterocycles. The summed E-state index contributed by atoms with van der Waals surface area (Å²) >= 11 is 0. The molecule has 19 heavy (non-hydrogen) atoms. The molecule has 0 aliphatic rings. The van der Waals surface area contributed by atoms with Crippen molar-refractivity contribution in [2.24, 2.45) is 5.92 Å². The highest BCUT2D eigenvalue weighted by molar-refractivity contribution is 7.89. The lowest BCUT2D eigenvalue weighted by atomic mass is 10.1. The molecule has 0 heterocycles. The minimum absolute atomic E-state index is 0.0867. The molecular formula is C11H22F3NO3S. The van der Waals surface area contributed by atoms with Crippen molar-refractivity contribution in [1.82, 2.24) is 4.31 Å². The van der Waals surface area contributed by atoms with Crippen molar-refractivity contribution in [3.05, 3.63) is 0 Å². The summed E-state index contributed by atoms with van der Waals surface area (Å²) in [5.41, 5.74) is 0. The van der Waals surface area contributed by atoms with Gasteiger partial charge in [-0.3, -0.25) is 0 Å². The minimum Gasteiger partial charge on any atom is -0.383 e. The molecule has 4 nitrogen and oxygen atoms in total. The van der Waals surface area contributed by atoms with Crippen LogP contribution >= 0.6 is 0 Å². The Hall–Kier alpha value is -0.340. The summed E-state index contributed by atoms with van der Waals surface area (Å²) in [6.45, 7) is 4.33. The van der Waals surface area contributed by atoms with Crippen LogP contribution in [-0.4, -0.2) is 51.5 Å². The van der Waals surface area contributed by atoms with E-state index < -0.39 is 28.4 Å². The fourth-order valence-electron chi connectivity index (χ4n) is 1.36. The molecule has 0 aliphatic carbocycles. The zero-order chi connectivity index (χ0) is 15.1. The van der Waals surface area contributed by atoms with Gasteiger partial charge in [-0.1, -0.05) is 13.8 Å². The molecule has 0 aromatic rings. The van der Waals surface area contributed by atoms with Crippen LogP contribution in [0.25, 0.3) is 0 Å². The zero-order valence-corrected chi connectivity index (χ0v) is 12.4. The first kappa shape index (κ1) is 18.7. The molecule has 0 atom stereocenters. The quantitative estimate of drug-likeness (QED) is 0.656. The fourth-order valence-corrected chi connectivity index (χ4v) is 2.84. The molecule has 0 saturated heterocycles. The van der Waals surface area contributed by atoms with Crippen LogP contribution in [0.5, 0.6) is 0 Å². The number of methoxy groups -OCH3 is 1. The molecular weight excluding hydrogens is 283 g/mol. The van der Waals surface area contributed by atoms with Crippen molar-refractivity contribution in [1.29, 1.82) is 0 Å². The van der Waals surface area contributed by atoms with E-state index >= 15 is 0 Å². The van der Waals surface area contributed by atoms with E-state index in [0.717, 1.165) is 4.31 Å². The Morgan fingerprint density at radius 3 is 2.21 bits per heavy atom. The second kappa shape index (κ2) is 8.06. The van der Waals surface area contributed by atoms with Crippen LogP contribution in [-0.2, 0) is 14.8 Å². The van der Waals surface area contributed by atoms with Crippen LogP contribution in [0.1, 0.15) is 26.7 Å². The van der Waals surface area contributed by atoms with Gasteiger partial charge in [-0.2, -0.15) is 17.5 Å². The monoisotopic (exact) mass is 305 g/mol. The number of hydrogen-bond donors (Lipinski definition) is 0. The van der Waals surface area contributed by atoms with Crippen molar-refractivity contribution in [3.8, 4) is 0 Å². The van der Waals surface area contributed by atoms with Gasteiger partial charge in [0.15, 0.2) is 0 Å². The van der Waals surface area contributed by atoms with Gasteiger partial charge in [-0.25, -0.2) is 8.42 Å². The average Bonchev–Trinajstić information content (AvgIpc) is 2.25. The van der Waals surface area contributed by atoms with Gasteiger partial charge in [0, 0.05) is 20.2 Å². The highest BCUT2D eigenvalue weighted by Crippen LogP contribution is 2.21. The van der Waals surface area contributed by atoms with E-state index in [4.69, 9.17) is 4.74 Å². The molecule has 0 amide bonds. The van der Waals surface area contributed by atoms with Crippen LogP contribution in [0.15, 0.2) is 0 Å². The predicted molar refractivity (Wildman–Crippen MR) is 67.4 cm³/mol. The summed E-state index contributed by atoms with van der Waals surface area (Å²) in [5.74, 6) is -0.624. The molecule has 0 saturated carbocycles. The van der Waals surface area contributed by atoms with Crippen molar-refractivity contribution in [3.63, 3.8) is 0 Å². The molecule has 0 rings (SSSR count). The number of halogens is 3. The van der Waals surface area contributed by atoms with Gasteiger partial charge in [0.25, 0.3) is 0 Å². The van der Waals surface area contributed by atoms with E-state index in [9.17, 15) is 21.6 Å². The number of ether oxygens (including phenoxy) is 1. The molecule has 0 radical (unpaired) electrons. The zero-order valence-electron chi connectivity index (χ0n) is 11.5. The summed E-state index contributed by atoms with van der Waals surface area (Å²) in [6, 6.07) is 0. The van der Waals surface area contributed by atoms with E-state index in [0.29, 0.717) is 6.42 Å². The third-order valence-corrected chi connectivity index (χ3v) is 4.41. The van der Waals surface area contributed by atoms with Gasteiger partial charge in [-0.05, 0) is 12.3 Å². The van der Waals surface area contributed by atoms with E-state index in [2.05, 4.69) is 0 Å². The Balaban J connectivity index is 4.61. The average molecular weight is 305 g/mol. The molecule has 0 spiro atoms. The van der Waals surface area contributed by atoms with Gasteiger partial charge in [0.05, 0.1) is 18.8 Å². The van der Waals surface area contributed by atoms with Crippen LogP contribution in [0.4, 0.5) is 13.2 Å². The first-order valence-corrected chi connectivity index (χ1v) is 7.73. The Labute approximate surface area is 113 Å². The molecule has 0 bridgehead atoms. The Bertz CT molecular complexity index is 342. The number of nitrogens with zero attached hydrogens (tertiary/aromatic N) is 1. The summed E-state index contributed by atoms with van der Waals surface area (Å²) in [6.07, 6.45) is -5.17. The third-order valence-electron chi connectivity index (χ3n) is 2.54.